The quantitative estimate of drug-likeness (QED) is 0.719. The van der Waals surface area contributed by atoms with Gasteiger partial charge >= 0.3 is 0 Å². The number of carbonyl (C=O) groups is 2. The summed E-state index contributed by atoms with van der Waals surface area (Å²) in [6.07, 6.45) is 3.06. The second-order valence-electron chi connectivity index (χ2n) is 5.65. The molecule has 2 heterocycles. The van der Waals surface area contributed by atoms with Crippen LogP contribution in [0.5, 0.6) is 0 Å². The number of amides is 2. The topological polar surface area (TPSA) is 91.0 Å². The molecule has 134 valence electrons. The number of anilines is 1. The minimum atomic E-state index is -0.326. The van der Waals surface area contributed by atoms with E-state index in [0.29, 0.717) is 46.0 Å². The first-order chi connectivity index (χ1) is 12.5. The Morgan fingerprint density at radius 1 is 1.19 bits per heavy atom. The average Bonchev–Trinajstić information content (AvgIpc) is 3.10. The molecule has 0 fully saturated rings. The third kappa shape index (κ3) is 3.52. The molecule has 0 aliphatic carbocycles. The van der Waals surface area contributed by atoms with E-state index in [0.717, 1.165) is 0 Å². The van der Waals surface area contributed by atoms with Crippen LogP contribution in [0.25, 0.3) is 11.0 Å². The van der Waals surface area contributed by atoms with E-state index in [-0.39, 0.29) is 11.8 Å². The number of fused-ring (bicyclic) bond motifs is 1. The van der Waals surface area contributed by atoms with Crippen molar-refractivity contribution in [1.29, 1.82) is 0 Å². The first-order valence-corrected chi connectivity index (χ1v) is 8.60. The van der Waals surface area contributed by atoms with E-state index >= 15 is 0 Å². The lowest BCUT2D eigenvalue weighted by Gasteiger charge is -2.19. The van der Waals surface area contributed by atoms with Crippen LogP contribution in [-0.2, 0) is 0 Å². The van der Waals surface area contributed by atoms with Gasteiger partial charge in [-0.25, -0.2) is 0 Å². The predicted molar refractivity (Wildman–Crippen MR) is 101 cm³/mol. The first kappa shape index (κ1) is 17.9. The zero-order valence-corrected chi connectivity index (χ0v) is 15.2. The van der Waals surface area contributed by atoms with E-state index in [1.54, 1.807) is 35.4 Å². The maximum Gasteiger partial charge on any atom is 0.257 e. The number of nitrogens with zero attached hydrogens (tertiary/aromatic N) is 3. The molecule has 2 amide bonds. The number of halogens is 1. The molecule has 26 heavy (non-hydrogen) atoms. The van der Waals surface area contributed by atoms with Crippen molar-refractivity contribution in [2.24, 2.45) is 0 Å². The fraction of sp³-hybridized carbons (Fsp3) is 0.222. The van der Waals surface area contributed by atoms with Gasteiger partial charge in [0.1, 0.15) is 5.52 Å². The number of hydrogen-bond donors (Lipinski definition) is 2. The number of aromatic nitrogens is 3. The highest BCUT2D eigenvalue weighted by atomic mass is 35.5. The van der Waals surface area contributed by atoms with Crippen LogP contribution in [0.4, 0.5) is 5.69 Å². The SMILES string of the molecule is CCN(CC)C(=O)c1ccc(NC(=O)c2cnc3cn[nH]c3c2)cc1Cl. The van der Waals surface area contributed by atoms with Crippen LogP contribution >= 0.6 is 11.6 Å². The second kappa shape index (κ2) is 7.53. The highest BCUT2D eigenvalue weighted by molar-refractivity contribution is 6.34. The molecule has 2 N–H and O–H groups in total. The highest BCUT2D eigenvalue weighted by Gasteiger charge is 2.17. The van der Waals surface area contributed by atoms with E-state index in [4.69, 9.17) is 11.6 Å². The number of hydrogen-bond acceptors (Lipinski definition) is 4. The molecule has 0 bridgehead atoms. The average molecular weight is 372 g/mol. The summed E-state index contributed by atoms with van der Waals surface area (Å²) in [5.74, 6) is -0.459. The maximum absolute atomic E-state index is 12.4. The molecule has 1 aromatic carbocycles. The van der Waals surface area contributed by atoms with Gasteiger partial charge in [-0.2, -0.15) is 5.10 Å². The van der Waals surface area contributed by atoms with Crippen LogP contribution in [0.15, 0.2) is 36.7 Å². The number of pyridine rings is 1. The summed E-state index contributed by atoms with van der Waals surface area (Å²) in [6, 6.07) is 6.51. The van der Waals surface area contributed by atoms with Gasteiger partial charge < -0.3 is 10.2 Å². The Morgan fingerprint density at radius 2 is 1.96 bits per heavy atom. The van der Waals surface area contributed by atoms with Crippen LogP contribution in [0, 0.1) is 0 Å². The lowest BCUT2D eigenvalue weighted by molar-refractivity contribution is 0.0773. The van der Waals surface area contributed by atoms with E-state index in [1.807, 2.05) is 13.8 Å². The number of rotatable bonds is 5. The Bertz CT molecular complexity index is 965. The van der Waals surface area contributed by atoms with Crippen LogP contribution in [0.3, 0.4) is 0 Å². The number of nitrogens with one attached hydrogen (secondary N) is 2. The third-order valence-corrected chi connectivity index (χ3v) is 4.37. The number of aromatic amines is 1. The Balaban J connectivity index is 1.78. The summed E-state index contributed by atoms with van der Waals surface area (Å²) in [5, 5.41) is 9.70. The fourth-order valence-electron chi connectivity index (χ4n) is 2.61. The summed E-state index contributed by atoms with van der Waals surface area (Å²) < 4.78 is 0. The molecule has 7 nitrogen and oxygen atoms in total. The summed E-state index contributed by atoms with van der Waals surface area (Å²) in [6.45, 7) is 5.03. The van der Waals surface area contributed by atoms with Gasteiger partial charge in [-0.05, 0) is 38.1 Å². The lowest BCUT2D eigenvalue weighted by atomic mass is 10.1. The van der Waals surface area contributed by atoms with E-state index in [2.05, 4.69) is 20.5 Å². The second-order valence-corrected chi connectivity index (χ2v) is 6.06. The van der Waals surface area contributed by atoms with Gasteiger partial charge in [0.2, 0.25) is 0 Å². The molecule has 0 unspecified atom stereocenters. The molecule has 0 saturated heterocycles. The zero-order valence-electron chi connectivity index (χ0n) is 14.4. The van der Waals surface area contributed by atoms with Crippen molar-refractivity contribution in [3.8, 4) is 0 Å². The Kier molecular flexibility index (Phi) is 5.18. The molecule has 3 aromatic rings. The van der Waals surface area contributed by atoms with Gasteiger partial charge in [0.05, 0.1) is 27.9 Å². The summed E-state index contributed by atoms with van der Waals surface area (Å²) >= 11 is 6.25. The smallest absolute Gasteiger partial charge is 0.257 e. The normalized spacial score (nSPS) is 10.7. The van der Waals surface area contributed by atoms with Gasteiger partial charge in [-0.15, -0.1) is 0 Å². The van der Waals surface area contributed by atoms with Crippen molar-refractivity contribution in [1.82, 2.24) is 20.1 Å². The molecular formula is C18H18ClN5O2. The van der Waals surface area contributed by atoms with Crippen molar-refractivity contribution >= 4 is 40.1 Å². The zero-order chi connectivity index (χ0) is 18.7. The summed E-state index contributed by atoms with van der Waals surface area (Å²) in [4.78, 5) is 30.7. The van der Waals surface area contributed by atoms with Crippen LogP contribution in [0.2, 0.25) is 5.02 Å². The predicted octanol–water partition coefficient (Wildman–Crippen LogP) is 3.35. The van der Waals surface area contributed by atoms with Crippen molar-refractivity contribution in [3.63, 3.8) is 0 Å². The van der Waals surface area contributed by atoms with Gasteiger partial charge in [-0.1, -0.05) is 11.6 Å². The minimum Gasteiger partial charge on any atom is -0.339 e. The molecule has 8 heteroatoms. The van der Waals surface area contributed by atoms with Crippen molar-refractivity contribution in [3.05, 3.63) is 52.8 Å². The summed E-state index contributed by atoms with van der Waals surface area (Å²) in [5.41, 5.74) is 2.66. The number of H-pyrrole nitrogens is 1. The molecule has 0 aliphatic rings. The third-order valence-electron chi connectivity index (χ3n) is 4.06. The first-order valence-electron chi connectivity index (χ1n) is 8.22. The maximum atomic E-state index is 12.4. The standard InChI is InChI=1S/C18H18ClN5O2/c1-3-24(4-2)18(26)13-6-5-12(8-14(13)19)22-17(25)11-7-15-16(20-9-11)10-21-23-15/h5-10H,3-4H2,1-2H3,(H,21,23)(H,22,25). The van der Waals surface area contributed by atoms with E-state index in [9.17, 15) is 9.59 Å². The molecule has 0 atom stereocenters. The fourth-order valence-corrected chi connectivity index (χ4v) is 2.87. The molecule has 0 saturated carbocycles. The molecule has 2 aromatic heterocycles. The number of benzene rings is 1. The monoisotopic (exact) mass is 371 g/mol. The highest BCUT2D eigenvalue weighted by Crippen LogP contribution is 2.23. The largest absolute Gasteiger partial charge is 0.339 e. The molecule has 0 spiro atoms. The van der Waals surface area contributed by atoms with Crippen molar-refractivity contribution in [2.75, 3.05) is 18.4 Å². The van der Waals surface area contributed by atoms with Crippen LogP contribution < -0.4 is 5.32 Å². The van der Waals surface area contributed by atoms with Crippen molar-refractivity contribution < 1.29 is 9.59 Å². The van der Waals surface area contributed by atoms with E-state index in [1.165, 1.54) is 6.20 Å². The Morgan fingerprint density at radius 3 is 2.65 bits per heavy atom. The molecule has 0 radical (unpaired) electrons. The lowest BCUT2D eigenvalue weighted by Crippen LogP contribution is -2.30. The van der Waals surface area contributed by atoms with Gasteiger partial charge in [0.15, 0.2) is 0 Å². The molecule has 0 aliphatic heterocycles. The Hall–Kier alpha value is -2.93. The molecule has 3 rings (SSSR count). The van der Waals surface area contributed by atoms with E-state index < -0.39 is 0 Å². The van der Waals surface area contributed by atoms with Gasteiger partial charge in [0, 0.05) is 25.0 Å². The van der Waals surface area contributed by atoms with Gasteiger partial charge in [0.25, 0.3) is 11.8 Å². The van der Waals surface area contributed by atoms with Crippen molar-refractivity contribution in [2.45, 2.75) is 13.8 Å². The number of carbonyl (C=O) groups excluding carboxylic acids is 2. The molecular weight excluding hydrogens is 354 g/mol. The van der Waals surface area contributed by atoms with Gasteiger partial charge in [-0.3, -0.25) is 19.7 Å². The Labute approximate surface area is 155 Å². The van der Waals surface area contributed by atoms with Crippen LogP contribution in [0.1, 0.15) is 34.6 Å². The minimum absolute atomic E-state index is 0.133. The van der Waals surface area contributed by atoms with Crippen LogP contribution in [-0.4, -0.2) is 45.0 Å². The summed E-state index contributed by atoms with van der Waals surface area (Å²) in [7, 11) is 0.